The predicted molar refractivity (Wildman–Crippen MR) is 105 cm³/mol. The quantitative estimate of drug-likeness (QED) is 0.351. The summed E-state index contributed by atoms with van der Waals surface area (Å²) in [6.45, 7) is 0.292. The monoisotopic (exact) mass is 406 g/mol. The van der Waals surface area contributed by atoms with Crippen LogP contribution in [0.5, 0.6) is 5.75 Å². The number of phenols is 1. The first kappa shape index (κ1) is 18.4. The van der Waals surface area contributed by atoms with Crippen LogP contribution in [0.25, 0.3) is 6.08 Å². The van der Waals surface area contributed by atoms with Crippen LogP contribution < -0.4 is 0 Å². The lowest BCUT2D eigenvalue weighted by molar-refractivity contribution is -0.384. The van der Waals surface area contributed by atoms with Crippen molar-refractivity contribution >= 4 is 57.6 Å². The maximum atomic E-state index is 12.6. The van der Waals surface area contributed by atoms with Crippen LogP contribution in [0.2, 0.25) is 5.02 Å². The van der Waals surface area contributed by atoms with Crippen LogP contribution in [0.1, 0.15) is 11.1 Å². The van der Waals surface area contributed by atoms with Gasteiger partial charge < -0.3 is 5.11 Å². The Morgan fingerprint density at radius 2 is 1.96 bits per heavy atom. The van der Waals surface area contributed by atoms with Crippen molar-refractivity contribution in [3.8, 4) is 5.75 Å². The fourth-order valence-corrected chi connectivity index (χ4v) is 3.69. The molecule has 0 radical (unpaired) electrons. The number of rotatable bonds is 4. The highest BCUT2D eigenvalue weighted by atomic mass is 35.5. The van der Waals surface area contributed by atoms with E-state index in [4.69, 9.17) is 23.8 Å². The second-order valence-electron chi connectivity index (χ2n) is 5.39. The molecule has 0 saturated carbocycles. The number of nitrogens with zero attached hydrogens (tertiary/aromatic N) is 2. The van der Waals surface area contributed by atoms with Gasteiger partial charge in [0.15, 0.2) is 0 Å². The number of non-ortho nitro benzene ring substituents is 1. The molecule has 0 unspecified atom stereocenters. The number of thioether (sulfide) groups is 1. The number of phenolic OH excluding ortho intramolecular Hbond substituents is 1. The standard InChI is InChI=1S/C17H11ClN2O4S2/c18-12-3-1-10(2-4-12)9-19-16(22)15(26-17(19)25)8-11-7-13(20(23)24)5-6-14(11)21/h1-8,21H,9H2. The van der Waals surface area contributed by atoms with Crippen LogP contribution in [0, 0.1) is 10.1 Å². The molecule has 1 heterocycles. The molecular weight excluding hydrogens is 396 g/mol. The third-order valence-electron chi connectivity index (χ3n) is 3.64. The summed E-state index contributed by atoms with van der Waals surface area (Å²) in [7, 11) is 0. The van der Waals surface area contributed by atoms with E-state index in [1.165, 1.54) is 29.2 Å². The van der Waals surface area contributed by atoms with E-state index in [1.807, 2.05) is 0 Å². The third kappa shape index (κ3) is 3.87. The van der Waals surface area contributed by atoms with Crippen molar-refractivity contribution in [1.82, 2.24) is 4.90 Å². The van der Waals surface area contributed by atoms with Crippen molar-refractivity contribution in [2.75, 3.05) is 0 Å². The Morgan fingerprint density at radius 3 is 2.62 bits per heavy atom. The molecule has 0 spiro atoms. The lowest BCUT2D eigenvalue weighted by Gasteiger charge is -2.14. The zero-order valence-electron chi connectivity index (χ0n) is 13.1. The van der Waals surface area contributed by atoms with Gasteiger partial charge in [-0.2, -0.15) is 0 Å². The second-order valence-corrected chi connectivity index (χ2v) is 7.51. The lowest BCUT2D eigenvalue weighted by Crippen LogP contribution is -2.27. The van der Waals surface area contributed by atoms with Gasteiger partial charge in [-0.15, -0.1) is 0 Å². The number of hydrogen-bond acceptors (Lipinski definition) is 6. The first-order chi connectivity index (χ1) is 12.3. The number of hydrogen-bond donors (Lipinski definition) is 1. The Kier molecular flexibility index (Phi) is 5.26. The smallest absolute Gasteiger partial charge is 0.270 e. The molecule has 1 aliphatic rings. The van der Waals surface area contributed by atoms with Crippen LogP contribution in [-0.4, -0.2) is 25.2 Å². The Labute approximate surface area is 163 Å². The Morgan fingerprint density at radius 1 is 1.27 bits per heavy atom. The van der Waals surface area contributed by atoms with Crippen molar-refractivity contribution in [2.45, 2.75) is 6.54 Å². The molecule has 3 rings (SSSR count). The normalized spacial score (nSPS) is 15.7. The summed E-state index contributed by atoms with van der Waals surface area (Å²) in [5, 5.41) is 21.4. The lowest BCUT2D eigenvalue weighted by atomic mass is 10.1. The van der Waals surface area contributed by atoms with Crippen LogP contribution >= 0.6 is 35.6 Å². The molecule has 1 amide bonds. The number of carbonyl (C=O) groups is 1. The van der Waals surface area contributed by atoms with Gasteiger partial charge >= 0.3 is 0 Å². The average Bonchev–Trinajstić information content (AvgIpc) is 2.86. The molecule has 1 N–H and O–H groups in total. The van der Waals surface area contributed by atoms with Gasteiger partial charge in [0.1, 0.15) is 10.1 Å². The number of halogens is 1. The van der Waals surface area contributed by atoms with Gasteiger partial charge in [0.2, 0.25) is 0 Å². The van der Waals surface area contributed by atoms with E-state index in [0.717, 1.165) is 17.3 Å². The van der Waals surface area contributed by atoms with E-state index in [2.05, 4.69) is 0 Å². The third-order valence-corrected chi connectivity index (χ3v) is 5.27. The minimum absolute atomic E-state index is 0.154. The fraction of sp³-hybridized carbons (Fsp3) is 0.0588. The van der Waals surface area contributed by atoms with E-state index >= 15 is 0 Å². The fourth-order valence-electron chi connectivity index (χ4n) is 2.32. The molecule has 0 bridgehead atoms. The van der Waals surface area contributed by atoms with Crippen molar-refractivity contribution in [3.63, 3.8) is 0 Å². The molecule has 2 aromatic carbocycles. The summed E-state index contributed by atoms with van der Waals surface area (Å²) in [4.78, 5) is 24.7. The molecule has 0 atom stereocenters. The zero-order valence-corrected chi connectivity index (χ0v) is 15.5. The number of carbonyl (C=O) groups excluding carboxylic acids is 1. The molecule has 0 aromatic heterocycles. The summed E-state index contributed by atoms with van der Waals surface area (Å²) in [6.07, 6.45) is 1.41. The van der Waals surface area contributed by atoms with Crippen molar-refractivity contribution in [3.05, 3.63) is 73.6 Å². The van der Waals surface area contributed by atoms with Gasteiger partial charge in [-0.05, 0) is 29.8 Å². The first-order valence-corrected chi connectivity index (χ1v) is 8.92. The molecule has 2 aromatic rings. The number of nitro groups is 1. The van der Waals surface area contributed by atoms with Gasteiger partial charge in [0.05, 0.1) is 16.4 Å². The van der Waals surface area contributed by atoms with Gasteiger partial charge in [0.25, 0.3) is 11.6 Å². The number of amides is 1. The Balaban J connectivity index is 1.86. The topological polar surface area (TPSA) is 83.7 Å². The summed E-state index contributed by atoms with van der Waals surface area (Å²) < 4.78 is 0.376. The summed E-state index contributed by atoms with van der Waals surface area (Å²) in [6, 6.07) is 10.7. The van der Waals surface area contributed by atoms with Gasteiger partial charge in [-0.1, -0.05) is 47.7 Å². The molecule has 0 aliphatic carbocycles. The second kappa shape index (κ2) is 7.45. The Bertz CT molecular complexity index is 944. The number of thiocarbonyl (C=S) groups is 1. The summed E-state index contributed by atoms with van der Waals surface area (Å²) in [5.74, 6) is -0.473. The van der Waals surface area contributed by atoms with Gasteiger partial charge in [-0.3, -0.25) is 19.8 Å². The van der Waals surface area contributed by atoms with E-state index in [1.54, 1.807) is 24.3 Å². The highest BCUT2D eigenvalue weighted by Gasteiger charge is 2.32. The van der Waals surface area contributed by atoms with Crippen molar-refractivity contribution < 1.29 is 14.8 Å². The molecule has 1 aliphatic heterocycles. The van der Waals surface area contributed by atoms with E-state index in [0.29, 0.717) is 20.8 Å². The van der Waals surface area contributed by atoms with E-state index < -0.39 is 4.92 Å². The highest BCUT2D eigenvalue weighted by molar-refractivity contribution is 8.26. The van der Waals surface area contributed by atoms with Crippen LogP contribution in [0.4, 0.5) is 5.69 Å². The summed E-state index contributed by atoms with van der Waals surface area (Å²) >= 11 is 12.2. The number of nitro benzene ring substituents is 1. The predicted octanol–water partition coefficient (Wildman–Crippen LogP) is 4.36. The molecule has 1 fully saturated rings. The molecular formula is C17H11ClN2O4S2. The Hall–Kier alpha value is -2.42. The van der Waals surface area contributed by atoms with Gasteiger partial charge in [-0.25, -0.2) is 0 Å². The van der Waals surface area contributed by atoms with Crippen molar-refractivity contribution in [2.24, 2.45) is 0 Å². The highest BCUT2D eigenvalue weighted by Crippen LogP contribution is 2.35. The largest absolute Gasteiger partial charge is 0.507 e. The minimum Gasteiger partial charge on any atom is -0.507 e. The maximum absolute atomic E-state index is 12.6. The molecule has 1 saturated heterocycles. The molecule has 9 heteroatoms. The van der Waals surface area contributed by atoms with Crippen LogP contribution in [0.15, 0.2) is 47.4 Å². The first-order valence-electron chi connectivity index (χ1n) is 7.32. The summed E-state index contributed by atoms with van der Waals surface area (Å²) in [5.41, 5.74) is 0.877. The SMILES string of the molecule is O=C1C(=Cc2cc([N+](=O)[O-])ccc2O)SC(=S)N1Cc1ccc(Cl)cc1. The average molecular weight is 407 g/mol. The molecule has 26 heavy (non-hydrogen) atoms. The minimum atomic E-state index is -0.567. The van der Waals surface area contributed by atoms with E-state index in [-0.39, 0.29) is 22.9 Å². The number of benzene rings is 2. The van der Waals surface area contributed by atoms with E-state index in [9.17, 15) is 20.0 Å². The molecule has 132 valence electrons. The number of aromatic hydroxyl groups is 1. The van der Waals surface area contributed by atoms with Crippen LogP contribution in [-0.2, 0) is 11.3 Å². The maximum Gasteiger partial charge on any atom is 0.270 e. The molecule has 6 nitrogen and oxygen atoms in total. The van der Waals surface area contributed by atoms with Crippen molar-refractivity contribution in [1.29, 1.82) is 0 Å². The van der Waals surface area contributed by atoms with Gasteiger partial charge in [0, 0.05) is 22.7 Å². The van der Waals surface area contributed by atoms with Crippen LogP contribution in [0.3, 0.4) is 0 Å². The zero-order chi connectivity index (χ0) is 18.8.